The third-order valence-electron chi connectivity index (χ3n) is 2.46. The molecular weight excluding hydrogens is 248 g/mol. The summed E-state index contributed by atoms with van der Waals surface area (Å²) in [6, 6.07) is 7.34. The SMILES string of the molecule is CCOC(=O)c1cc(-c2ccccc(=O)c2O)n[nH]1. The fraction of sp³-hybridized carbons (Fsp3) is 0.154. The number of rotatable bonds is 3. The van der Waals surface area contributed by atoms with Crippen LogP contribution in [-0.2, 0) is 4.74 Å². The number of carbonyl (C=O) groups is 1. The Labute approximate surface area is 108 Å². The van der Waals surface area contributed by atoms with Gasteiger partial charge in [-0.2, -0.15) is 5.10 Å². The van der Waals surface area contributed by atoms with Crippen molar-refractivity contribution in [3.05, 3.63) is 46.2 Å². The summed E-state index contributed by atoms with van der Waals surface area (Å²) >= 11 is 0. The van der Waals surface area contributed by atoms with Crippen LogP contribution in [0.5, 0.6) is 5.75 Å². The second-order valence-corrected chi connectivity index (χ2v) is 3.73. The Morgan fingerprint density at radius 2 is 2.16 bits per heavy atom. The van der Waals surface area contributed by atoms with Gasteiger partial charge in [0.05, 0.1) is 12.3 Å². The summed E-state index contributed by atoms with van der Waals surface area (Å²) in [6.45, 7) is 1.95. The van der Waals surface area contributed by atoms with Crippen molar-refractivity contribution in [2.24, 2.45) is 0 Å². The number of hydrogen-bond acceptors (Lipinski definition) is 5. The van der Waals surface area contributed by atoms with Gasteiger partial charge in [0.2, 0.25) is 5.43 Å². The molecule has 6 nitrogen and oxygen atoms in total. The van der Waals surface area contributed by atoms with E-state index in [0.717, 1.165) is 0 Å². The Kier molecular flexibility index (Phi) is 3.61. The van der Waals surface area contributed by atoms with Crippen LogP contribution >= 0.6 is 0 Å². The number of ether oxygens (including phenoxy) is 1. The van der Waals surface area contributed by atoms with Crippen LogP contribution in [0.3, 0.4) is 0 Å². The number of H-pyrrole nitrogens is 1. The van der Waals surface area contributed by atoms with Gasteiger partial charge in [0.1, 0.15) is 5.69 Å². The van der Waals surface area contributed by atoms with E-state index in [1.54, 1.807) is 19.1 Å². The largest absolute Gasteiger partial charge is 0.504 e. The Morgan fingerprint density at radius 1 is 1.42 bits per heavy atom. The van der Waals surface area contributed by atoms with Gasteiger partial charge in [-0.05, 0) is 25.1 Å². The van der Waals surface area contributed by atoms with Crippen LogP contribution in [0.2, 0.25) is 0 Å². The summed E-state index contributed by atoms with van der Waals surface area (Å²) < 4.78 is 4.82. The Morgan fingerprint density at radius 3 is 2.89 bits per heavy atom. The average molecular weight is 260 g/mol. The maximum Gasteiger partial charge on any atom is 0.356 e. The number of aromatic hydroxyl groups is 1. The zero-order valence-corrected chi connectivity index (χ0v) is 10.2. The number of carbonyl (C=O) groups excluding carboxylic acids is 1. The quantitative estimate of drug-likeness (QED) is 0.812. The predicted molar refractivity (Wildman–Crippen MR) is 67.9 cm³/mol. The van der Waals surface area contributed by atoms with E-state index in [4.69, 9.17) is 4.74 Å². The van der Waals surface area contributed by atoms with E-state index >= 15 is 0 Å². The minimum atomic E-state index is -0.539. The van der Waals surface area contributed by atoms with Crippen molar-refractivity contribution in [1.29, 1.82) is 0 Å². The van der Waals surface area contributed by atoms with Crippen molar-refractivity contribution in [1.82, 2.24) is 10.2 Å². The van der Waals surface area contributed by atoms with Crippen LogP contribution in [0.25, 0.3) is 11.3 Å². The molecule has 1 heterocycles. The number of aromatic amines is 1. The summed E-state index contributed by atoms with van der Waals surface area (Å²) in [5.74, 6) is -0.949. The minimum absolute atomic E-state index is 0.162. The Bertz CT molecular complexity index is 664. The van der Waals surface area contributed by atoms with Gasteiger partial charge in [0.15, 0.2) is 5.75 Å². The Balaban J connectivity index is 2.45. The highest BCUT2D eigenvalue weighted by Crippen LogP contribution is 2.23. The summed E-state index contributed by atoms with van der Waals surface area (Å²) in [6.07, 6.45) is 0. The van der Waals surface area contributed by atoms with Crippen LogP contribution in [0.4, 0.5) is 0 Å². The number of aromatic nitrogens is 2. The smallest absolute Gasteiger partial charge is 0.356 e. The van der Waals surface area contributed by atoms with E-state index < -0.39 is 17.1 Å². The minimum Gasteiger partial charge on any atom is -0.504 e. The van der Waals surface area contributed by atoms with E-state index in [2.05, 4.69) is 10.2 Å². The van der Waals surface area contributed by atoms with E-state index in [-0.39, 0.29) is 17.9 Å². The van der Waals surface area contributed by atoms with Gasteiger partial charge < -0.3 is 9.84 Å². The fourth-order valence-corrected chi connectivity index (χ4v) is 1.57. The molecule has 1 aromatic carbocycles. The lowest BCUT2D eigenvalue weighted by atomic mass is 10.2. The molecule has 6 heteroatoms. The maximum absolute atomic E-state index is 11.5. The molecule has 19 heavy (non-hydrogen) atoms. The van der Waals surface area contributed by atoms with E-state index in [1.807, 2.05) is 0 Å². The van der Waals surface area contributed by atoms with Gasteiger partial charge in [-0.1, -0.05) is 12.1 Å². The van der Waals surface area contributed by atoms with Crippen LogP contribution in [-0.4, -0.2) is 27.9 Å². The van der Waals surface area contributed by atoms with Crippen LogP contribution in [0, 0.1) is 0 Å². The van der Waals surface area contributed by atoms with Crippen molar-refractivity contribution < 1.29 is 14.6 Å². The number of hydrogen-bond donors (Lipinski definition) is 2. The zero-order valence-electron chi connectivity index (χ0n) is 10.2. The molecular formula is C13H12N2O4. The monoisotopic (exact) mass is 260 g/mol. The zero-order chi connectivity index (χ0) is 13.8. The molecule has 0 bridgehead atoms. The first-order valence-corrected chi connectivity index (χ1v) is 5.68. The molecule has 98 valence electrons. The third kappa shape index (κ3) is 2.62. The maximum atomic E-state index is 11.5. The first kappa shape index (κ1) is 12.8. The standard InChI is InChI=1S/C13H12N2O4/c1-2-19-13(18)10-7-9(14-15-10)8-5-3-4-6-11(16)12(8)17/h3-7H,2H2,1H3,(H,14,15)(H,16,17). The molecule has 0 radical (unpaired) electrons. The number of nitrogens with zero attached hydrogens (tertiary/aromatic N) is 1. The second-order valence-electron chi connectivity index (χ2n) is 3.73. The molecule has 0 fully saturated rings. The molecule has 0 aliphatic rings. The first-order chi connectivity index (χ1) is 9.13. The summed E-state index contributed by atoms with van der Waals surface area (Å²) in [4.78, 5) is 23.0. The first-order valence-electron chi connectivity index (χ1n) is 5.68. The lowest BCUT2D eigenvalue weighted by molar-refractivity contribution is 0.0519. The fourth-order valence-electron chi connectivity index (χ4n) is 1.57. The molecule has 0 saturated carbocycles. The molecule has 0 saturated heterocycles. The van der Waals surface area contributed by atoms with Gasteiger partial charge in [-0.3, -0.25) is 9.89 Å². The molecule has 0 aliphatic heterocycles. The van der Waals surface area contributed by atoms with Gasteiger partial charge >= 0.3 is 5.97 Å². The highest BCUT2D eigenvalue weighted by molar-refractivity contribution is 5.88. The number of nitrogens with one attached hydrogen (secondary N) is 1. The van der Waals surface area contributed by atoms with Gasteiger partial charge in [-0.15, -0.1) is 0 Å². The van der Waals surface area contributed by atoms with Gasteiger partial charge in [0.25, 0.3) is 0 Å². The lowest BCUT2D eigenvalue weighted by Gasteiger charge is -1.96. The molecule has 0 spiro atoms. The molecule has 0 amide bonds. The van der Waals surface area contributed by atoms with Crippen LogP contribution in [0.15, 0.2) is 35.1 Å². The molecule has 1 aromatic heterocycles. The molecule has 2 rings (SSSR count). The molecule has 0 unspecified atom stereocenters. The second kappa shape index (κ2) is 5.34. The molecule has 0 atom stereocenters. The lowest BCUT2D eigenvalue weighted by Crippen LogP contribution is -2.04. The van der Waals surface area contributed by atoms with Crippen molar-refractivity contribution in [2.45, 2.75) is 6.92 Å². The van der Waals surface area contributed by atoms with Crippen LogP contribution in [0.1, 0.15) is 17.4 Å². The van der Waals surface area contributed by atoms with Crippen molar-refractivity contribution in [3.8, 4) is 17.0 Å². The highest BCUT2D eigenvalue weighted by atomic mass is 16.5. The van der Waals surface area contributed by atoms with Crippen LogP contribution < -0.4 is 5.43 Å². The third-order valence-corrected chi connectivity index (χ3v) is 2.46. The molecule has 0 aliphatic carbocycles. The van der Waals surface area contributed by atoms with Crippen molar-refractivity contribution in [3.63, 3.8) is 0 Å². The van der Waals surface area contributed by atoms with E-state index in [1.165, 1.54) is 18.2 Å². The van der Waals surface area contributed by atoms with E-state index in [9.17, 15) is 14.7 Å². The van der Waals surface area contributed by atoms with Gasteiger partial charge in [0, 0.05) is 5.56 Å². The van der Waals surface area contributed by atoms with Crippen molar-refractivity contribution in [2.75, 3.05) is 6.61 Å². The average Bonchev–Trinajstić information content (AvgIpc) is 2.81. The highest BCUT2D eigenvalue weighted by Gasteiger charge is 2.14. The topological polar surface area (TPSA) is 92.3 Å². The Hall–Kier alpha value is -2.63. The molecule has 2 N–H and O–H groups in total. The normalized spacial score (nSPS) is 10.2. The van der Waals surface area contributed by atoms with Gasteiger partial charge in [-0.25, -0.2) is 4.79 Å². The summed E-state index contributed by atoms with van der Waals surface area (Å²) in [7, 11) is 0. The van der Waals surface area contributed by atoms with E-state index in [0.29, 0.717) is 5.69 Å². The number of esters is 1. The molecule has 2 aromatic rings. The van der Waals surface area contributed by atoms with Crippen molar-refractivity contribution >= 4 is 5.97 Å². The predicted octanol–water partition coefficient (Wildman–Crippen LogP) is 1.32. The summed E-state index contributed by atoms with van der Waals surface area (Å²) in [5, 5.41) is 16.2. The summed E-state index contributed by atoms with van der Waals surface area (Å²) in [5.41, 5.74) is 0.201.